The second-order valence-electron chi connectivity index (χ2n) is 6.85. The van der Waals surface area contributed by atoms with Crippen LogP contribution in [-0.4, -0.2) is 24.9 Å². The van der Waals surface area contributed by atoms with Crippen molar-refractivity contribution < 1.29 is 23.0 Å². The zero-order valence-corrected chi connectivity index (χ0v) is 16.9. The van der Waals surface area contributed by atoms with Gasteiger partial charge in [-0.2, -0.15) is 0 Å². The van der Waals surface area contributed by atoms with Gasteiger partial charge in [-0.3, -0.25) is 14.2 Å². The summed E-state index contributed by atoms with van der Waals surface area (Å²) in [6.45, 7) is 0.0911. The lowest BCUT2D eigenvalue weighted by molar-refractivity contribution is 0.0701. The number of carbonyl (C=O) groups excluding carboxylic acids is 1. The van der Waals surface area contributed by atoms with Gasteiger partial charge in [-0.25, -0.2) is 19.2 Å². The lowest BCUT2D eigenvalue weighted by Crippen LogP contribution is -2.19. The standard InChI is InChI=1S/C22H17F2N3O3S/c23-16-7-6-14(19(24)8-16)11-27-12-15(13-31(30)17-4-2-1-3-5-17)18-9-20(22(28)26-29)25-10-21(18)27/h1-10,12,29H,11,13H2,(H,26,28)/t31-/m1/s1. The van der Waals surface area contributed by atoms with Crippen LogP contribution in [0.3, 0.4) is 0 Å². The molecule has 2 aromatic heterocycles. The third kappa shape index (κ3) is 4.37. The largest absolute Gasteiger partial charge is 0.341 e. The molecule has 0 radical (unpaired) electrons. The molecule has 1 amide bonds. The number of rotatable bonds is 6. The van der Waals surface area contributed by atoms with E-state index in [1.54, 1.807) is 35.0 Å². The molecule has 0 spiro atoms. The van der Waals surface area contributed by atoms with E-state index in [0.717, 1.165) is 6.07 Å². The molecule has 4 rings (SSSR count). The van der Waals surface area contributed by atoms with E-state index in [1.165, 1.54) is 29.9 Å². The van der Waals surface area contributed by atoms with E-state index in [4.69, 9.17) is 5.21 Å². The maximum atomic E-state index is 14.2. The molecule has 2 N–H and O–H groups in total. The fourth-order valence-corrected chi connectivity index (χ4v) is 4.46. The summed E-state index contributed by atoms with van der Waals surface area (Å²) < 4.78 is 42.0. The van der Waals surface area contributed by atoms with Crippen LogP contribution in [0, 0.1) is 11.6 Å². The highest BCUT2D eigenvalue weighted by molar-refractivity contribution is 7.84. The van der Waals surface area contributed by atoms with Gasteiger partial charge >= 0.3 is 0 Å². The molecular weight excluding hydrogens is 424 g/mol. The number of amides is 1. The molecule has 0 aliphatic rings. The number of fused-ring (bicyclic) bond motifs is 1. The summed E-state index contributed by atoms with van der Waals surface area (Å²) in [6.07, 6.45) is 3.15. The minimum atomic E-state index is -1.36. The zero-order valence-electron chi connectivity index (χ0n) is 16.1. The van der Waals surface area contributed by atoms with Gasteiger partial charge in [-0.1, -0.05) is 24.3 Å². The van der Waals surface area contributed by atoms with Gasteiger partial charge < -0.3 is 4.57 Å². The molecule has 0 saturated heterocycles. The number of hydrogen-bond acceptors (Lipinski definition) is 4. The van der Waals surface area contributed by atoms with Crippen LogP contribution in [0.1, 0.15) is 21.6 Å². The first-order valence-electron chi connectivity index (χ1n) is 9.26. The second kappa shape index (κ2) is 8.75. The Hall–Kier alpha value is -3.43. The molecule has 9 heteroatoms. The summed E-state index contributed by atoms with van der Waals surface area (Å²) in [7, 11) is -1.36. The number of hydroxylamine groups is 1. The van der Waals surface area contributed by atoms with Crippen molar-refractivity contribution in [3.63, 3.8) is 0 Å². The lowest BCUT2D eigenvalue weighted by atomic mass is 10.2. The highest BCUT2D eigenvalue weighted by Crippen LogP contribution is 2.26. The van der Waals surface area contributed by atoms with Gasteiger partial charge in [0.15, 0.2) is 0 Å². The molecule has 0 fully saturated rings. The van der Waals surface area contributed by atoms with Gasteiger partial charge in [-0.15, -0.1) is 0 Å². The molecule has 4 aromatic rings. The quantitative estimate of drug-likeness (QED) is 0.352. The fourth-order valence-electron chi connectivity index (χ4n) is 3.32. The molecule has 31 heavy (non-hydrogen) atoms. The predicted octanol–water partition coefficient (Wildman–Crippen LogP) is 3.79. The lowest BCUT2D eigenvalue weighted by Gasteiger charge is -2.07. The highest BCUT2D eigenvalue weighted by Gasteiger charge is 2.17. The van der Waals surface area contributed by atoms with Crippen molar-refractivity contribution in [2.24, 2.45) is 0 Å². The van der Waals surface area contributed by atoms with E-state index in [-0.39, 0.29) is 23.6 Å². The summed E-state index contributed by atoms with van der Waals surface area (Å²) in [4.78, 5) is 16.5. The van der Waals surface area contributed by atoms with Crippen LogP contribution in [0.4, 0.5) is 8.78 Å². The van der Waals surface area contributed by atoms with Crippen LogP contribution in [0.2, 0.25) is 0 Å². The molecule has 0 aliphatic carbocycles. The van der Waals surface area contributed by atoms with Crippen molar-refractivity contribution in [2.75, 3.05) is 0 Å². The van der Waals surface area contributed by atoms with Crippen LogP contribution >= 0.6 is 0 Å². The van der Waals surface area contributed by atoms with Gasteiger partial charge in [0.25, 0.3) is 5.91 Å². The topological polar surface area (TPSA) is 84.2 Å². The third-order valence-corrected chi connectivity index (χ3v) is 6.20. The van der Waals surface area contributed by atoms with Crippen molar-refractivity contribution in [3.8, 4) is 0 Å². The van der Waals surface area contributed by atoms with Gasteiger partial charge in [0.05, 0.1) is 34.8 Å². The smallest absolute Gasteiger partial charge is 0.293 e. The number of aromatic nitrogens is 2. The average Bonchev–Trinajstić information content (AvgIpc) is 3.12. The van der Waals surface area contributed by atoms with Gasteiger partial charge in [0.1, 0.15) is 17.3 Å². The van der Waals surface area contributed by atoms with Crippen LogP contribution < -0.4 is 5.48 Å². The highest BCUT2D eigenvalue weighted by atomic mass is 32.2. The van der Waals surface area contributed by atoms with E-state index in [2.05, 4.69) is 4.98 Å². The molecule has 2 aromatic carbocycles. The Morgan fingerprint density at radius 1 is 1.10 bits per heavy atom. The molecule has 0 unspecified atom stereocenters. The molecule has 6 nitrogen and oxygen atoms in total. The van der Waals surface area contributed by atoms with E-state index < -0.39 is 28.3 Å². The summed E-state index contributed by atoms with van der Waals surface area (Å²) in [5.41, 5.74) is 3.03. The summed E-state index contributed by atoms with van der Waals surface area (Å²) in [6, 6.07) is 13.8. The molecule has 158 valence electrons. The zero-order chi connectivity index (χ0) is 22.0. The first-order chi connectivity index (χ1) is 15.0. The Morgan fingerprint density at radius 3 is 2.58 bits per heavy atom. The number of benzene rings is 2. The first kappa shape index (κ1) is 20.8. The van der Waals surface area contributed by atoms with Crippen LogP contribution in [0.5, 0.6) is 0 Å². The number of carbonyl (C=O) groups is 1. The van der Waals surface area contributed by atoms with Crippen molar-refractivity contribution in [3.05, 3.63) is 95.4 Å². The van der Waals surface area contributed by atoms with Crippen molar-refractivity contribution in [2.45, 2.75) is 17.2 Å². The van der Waals surface area contributed by atoms with E-state index in [0.29, 0.717) is 21.4 Å². The Morgan fingerprint density at radius 2 is 1.87 bits per heavy atom. The summed E-state index contributed by atoms with van der Waals surface area (Å²) in [5.74, 6) is -1.97. The summed E-state index contributed by atoms with van der Waals surface area (Å²) in [5, 5.41) is 9.51. The fraction of sp³-hybridized carbons (Fsp3) is 0.0909. The predicted molar refractivity (Wildman–Crippen MR) is 111 cm³/mol. The van der Waals surface area contributed by atoms with Crippen molar-refractivity contribution in [1.82, 2.24) is 15.0 Å². The monoisotopic (exact) mass is 441 g/mol. The SMILES string of the molecule is O=C(NO)c1cc2c(C[S@@](=O)c3ccccc3)cn(Cc3ccc(F)cc3F)c2cn1. The number of hydrogen-bond donors (Lipinski definition) is 2. The van der Waals surface area contributed by atoms with Crippen LogP contribution in [-0.2, 0) is 23.1 Å². The Kier molecular flexibility index (Phi) is 5.88. The number of pyridine rings is 1. The van der Waals surface area contributed by atoms with Crippen LogP contribution in [0.25, 0.3) is 10.9 Å². The normalized spacial score (nSPS) is 12.1. The van der Waals surface area contributed by atoms with Crippen molar-refractivity contribution >= 4 is 27.6 Å². The molecule has 0 saturated carbocycles. The van der Waals surface area contributed by atoms with Gasteiger partial charge in [0, 0.05) is 28.1 Å². The maximum absolute atomic E-state index is 14.2. The van der Waals surface area contributed by atoms with Crippen molar-refractivity contribution in [1.29, 1.82) is 0 Å². The molecular formula is C22H17F2N3O3S. The van der Waals surface area contributed by atoms with Crippen LogP contribution in [0.15, 0.2) is 71.9 Å². The van der Waals surface area contributed by atoms with E-state index >= 15 is 0 Å². The second-order valence-corrected chi connectivity index (χ2v) is 8.30. The summed E-state index contributed by atoms with van der Waals surface area (Å²) >= 11 is 0. The van der Waals surface area contributed by atoms with E-state index in [1.807, 2.05) is 6.07 Å². The Bertz CT molecular complexity index is 1290. The number of nitrogens with one attached hydrogen (secondary N) is 1. The van der Waals surface area contributed by atoms with Gasteiger partial charge in [0.2, 0.25) is 0 Å². The third-order valence-electron chi connectivity index (χ3n) is 4.83. The Labute approximate surface area is 178 Å². The average molecular weight is 441 g/mol. The maximum Gasteiger partial charge on any atom is 0.293 e. The minimum Gasteiger partial charge on any atom is -0.341 e. The first-order valence-corrected chi connectivity index (χ1v) is 10.6. The van der Waals surface area contributed by atoms with Gasteiger partial charge in [-0.05, 0) is 29.8 Å². The molecule has 0 aliphatic heterocycles. The number of nitrogens with zero attached hydrogens (tertiary/aromatic N) is 2. The number of halogens is 2. The Balaban J connectivity index is 1.77. The molecule has 1 atom stereocenters. The molecule has 0 bridgehead atoms. The minimum absolute atomic E-state index is 0.0209. The van der Waals surface area contributed by atoms with E-state index in [9.17, 15) is 17.8 Å². The molecule has 2 heterocycles.